The van der Waals surface area contributed by atoms with Gasteiger partial charge in [0.2, 0.25) is 0 Å². The summed E-state index contributed by atoms with van der Waals surface area (Å²) in [5, 5.41) is 0. The quantitative estimate of drug-likeness (QED) is 0.448. The van der Waals surface area contributed by atoms with E-state index in [4.69, 9.17) is 14.2 Å². The lowest BCUT2D eigenvalue weighted by molar-refractivity contribution is -0.287. The zero-order valence-corrected chi connectivity index (χ0v) is 22.9. The third kappa shape index (κ3) is 2.21. The van der Waals surface area contributed by atoms with Gasteiger partial charge < -0.3 is 14.2 Å². The van der Waals surface area contributed by atoms with Crippen molar-refractivity contribution < 1.29 is 37.0 Å². The van der Waals surface area contributed by atoms with Gasteiger partial charge in [-0.3, -0.25) is 4.79 Å². The molecule has 0 aromatic carbocycles. The minimum absolute atomic E-state index is 0.280. The summed E-state index contributed by atoms with van der Waals surface area (Å²) in [6.45, 7) is 22.4. The number of carbonyl (C=O) groups is 2. The molecule has 2 unspecified atom stereocenters. The second-order valence-corrected chi connectivity index (χ2v) is 14.2. The monoisotopic (exact) mass is 490 g/mol. The van der Waals surface area contributed by atoms with E-state index >= 15 is 13.2 Å². The maximum atomic E-state index is 15.4. The molecule has 2 heterocycles. The number of alkyl halides is 3. The number of esters is 2. The average molecular weight is 491 g/mol. The standard InChI is InChI=1S/C26H41F3O5/c1-14-32-16(31)22(26(27,28)29)21(15(30)33-20(11,12)13)23(17(2,3)4)24(21,18(5,6)7)25(23,34-22)19(8,9)10/h14H2,1-13H3/t21?,22-,23?,24?,25?/m0/s1. The van der Waals surface area contributed by atoms with Crippen LogP contribution < -0.4 is 0 Å². The first-order valence-electron chi connectivity index (χ1n) is 12.0. The Morgan fingerprint density at radius 1 is 0.735 bits per heavy atom. The maximum absolute atomic E-state index is 15.4. The number of fused-ring (bicyclic) bond motifs is 1. The molecule has 5 nitrogen and oxygen atoms in total. The molecular formula is C26H41F3O5. The fourth-order valence-corrected chi connectivity index (χ4v) is 8.75. The Hall–Kier alpha value is -1.31. The lowest BCUT2D eigenvalue weighted by Crippen LogP contribution is -2.64. The number of halogens is 3. The molecule has 2 aliphatic heterocycles. The predicted octanol–water partition coefficient (Wildman–Crippen LogP) is 6.09. The Morgan fingerprint density at radius 3 is 1.41 bits per heavy atom. The Morgan fingerprint density at radius 2 is 1.15 bits per heavy atom. The zero-order chi connectivity index (χ0) is 27.0. The van der Waals surface area contributed by atoms with E-state index in [0.29, 0.717) is 0 Å². The molecule has 0 amide bonds. The molecule has 0 N–H and O–H groups in total. The number of hydrogen-bond acceptors (Lipinski definition) is 5. The van der Waals surface area contributed by atoms with Crippen LogP contribution in [-0.2, 0) is 23.8 Å². The second kappa shape index (κ2) is 6.33. The number of hydrogen-bond donors (Lipinski definition) is 0. The van der Waals surface area contributed by atoms with Crippen molar-refractivity contribution in [1.82, 2.24) is 0 Å². The lowest BCUT2D eigenvalue weighted by atomic mass is 9.55. The van der Waals surface area contributed by atoms with Gasteiger partial charge in [-0.1, -0.05) is 62.3 Å². The van der Waals surface area contributed by atoms with Gasteiger partial charge in [0.05, 0.1) is 12.2 Å². The highest BCUT2D eigenvalue weighted by molar-refractivity contribution is 6.05. The summed E-state index contributed by atoms with van der Waals surface area (Å²) in [5.41, 5.74) is -13.4. The molecule has 0 aromatic rings. The number of rotatable bonds is 3. The summed E-state index contributed by atoms with van der Waals surface area (Å²) in [6.07, 6.45) is -5.22. The van der Waals surface area contributed by atoms with Gasteiger partial charge in [-0.05, 0) is 43.9 Å². The molecule has 0 radical (unpaired) electrons. The van der Waals surface area contributed by atoms with Crippen LogP contribution in [0, 0.1) is 32.5 Å². The smallest absolute Gasteiger partial charge is 0.429 e. The molecule has 0 aromatic heterocycles. The van der Waals surface area contributed by atoms with Crippen LogP contribution in [0.5, 0.6) is 0 Å². The van der Waals surface area contributed by atoms with E-state index in [0.717, 1.165) is 0 Å². The van der Waals surface area contributed by atoms with Crippen molar-refractivity contribution >= 4 is 11.9 Å². The van der Waals surface area contributed by atoms with Crippen LogP contribution in [0.3, 0.4) is 0 Å². The first kappa shape index (κ1) is 27.3. The van der Waals surface area contributed by atoms with Gasteiger partial charge in [0.25, 0.3) is 5.60 Å². The molecule has 34 heavy (non-hydrogen) atoms. The summed E-state index contributed by atoms with van der Waals surface area (Å²) in [6, 6.07) is 0. The highest BCUT2D eigenvalue weighted by Crippen LogP contribution is 3.18. The lowest BCUT2D eigenvalue weighted by Gasteiger charge is -2.46. The number of carbonyl (C=O) groups excluding carboxylic acids is 2. The highest BCUT2D eigenvalue weighted by Gasteiger charge is 3.30. The van der Waals surface area contributed by atoms with Crippen molar-refractivity contribution in [3.8, 4) is 0 Å². The topological polar surface area (TPSA) is 61.8 Å². The van der Waals surface area contributed by atoms with E-state index in [1.807, 2.05) is 62.3 Å². The zero-order valence-electron chi connectivity index (χ0n) is 22.9. The fraction of sp³-hybridized carbons (Fsp3) is 0.923. The van der Waals surface area contributed by atoms with E-state index in [1.54, 1.807) is 20.8 Å². The van der Waals surface area contributed by atoms with E-state index in [2.05, 4.69) is 0 Å². The molecule has 4 rings (SSSR count). The van der Waals surface area contributed by atoms with Crippen molar-refractivity contribution in [2.75, 3.05) is 6.61 Å². The molecule has 2 aliphatic carbocycles. The summed E-state index contributed by atoms with van der Waals surface area (Å²) in [4.78, 5) is 27.6. The summed E-state index contributed by atoms with van der Waals surface area (Å²) in [5.74, 6) is -2.62. The molecule has 2 bridgehead atoms. The molecule has 4 aliphatic rings. The minimum atomic E-state index is -5.22. The maximum Gasteiger partial charge on any atom is 0.429 e. The number of ether oxygens (including phenoxy) is 3. The third-order valence-corrected chi connectivity index (χ3v) is 8.43. The first-order chi connectivity index (χ1) is 14.8. The first-order valence-corrected chi connectivity index (χ1v) is 12.0. The van der Waals surface area contributed by atoms with Crippen molar-refractivity contribution in [3.63, 3.8) is 0 Å². The van der Waals surface area contributed by atoms with Crippen molar-refractivity contribution in [2.24, 2.45) is 32.5 Å². The normalized spacial score (nSPS) is 39.4. The van der Waals surface area contributed by atoms with E-state index in [1.165, 1.54) is 6.92 Å². The second-order valence-electron chi connectivity index (χ2n) is 14.2. The highest BCUT2D eigenvalue weighted by atomic mass is 19.4. The van der Waals surface area contributed by atoms with Gasteiger partial charge in [-0.2, -0.15) is 13.2 Å². The van der Waals surface area contributed by atoms with Crippen LogP contribution in [0.1, 0.15) is 90.0 Å². The minimum Gasteiger partial charge on any atom is -0.464 e. The molecule has 0 spiro atoms. The predicted molar refractivity (Wildman–Crippen MR) is 121 cm³/mol. The van der Waals surface area contributed by atoms with Gasteiger partial charge in [0.15, 0.2) is 0 Å². The van der Waals surface area contributed by atoms with Crippen LogP contribution in [0.15, 0.2) is 0 Å². The Labute approximate surface area is 201 Å². The van der Waals surface area contributed by atoms with Crippen LogP contribution >= 0.6 is 0 Å². The van der Waals surface area contributed by atoms with E-state index in [9.17, 15) is 9.59 Å². The molecule has 4 fully saturated rings. The Balaban J connectivity index is 2.58. The Kier molecular flexibility index (Phi) is 5.08. The van der Waals surface area contributed by atoms with Crippen LogP contribution in [-0.4, -0.2) is 41.5 Å². The van der Waals surface area contributed by atoms with Gasteiger partial charge in [0, 0.05) is 10.8 Å². The molecule has 2 saturated carbocycles. The van der Waals surface area contributed by atoms with E-state index < -0.39 is 67.4 Å². The molecule has 8 heteroatoms. The Bertz CT molecular complexity index is 897. The SMILES string of the molecule is CCOC(=O)[C@]1(C(F)(F)F)OC2(C(C)(C)C)C3(C(C)(C)C)C2(C(C)(C)C)C31C(=O)OC(C)(C)C. The summed E-state index contributed by atoms with van der Waals surface area (Å²) < 4.78 is 63.1. The van der Waals surface area contributed by atoms with Crippen LogP contribution in [0.25, 0.3) is 0 Å². The fourth-order valence-electron chi connectivity index (χ4n) is 8.75. The molecular weight excluding hydrogens is 449 g/mol. The molecule has 2 saturated heterocycles. The summed E-state index contributed by atoms with van der Waals surface area (Å²) in [7, 11) is 0. The van der Waals surface area contributed by atoms with Gasteiger partial charge in [-0.15, -0.1) is 0 Å². The van der Waals surface area contributed by atoms with E-state index in [-0.39, 0.29) is 6.61 Å². The van der Waals surface area contributed by atoms with Gasteiger partial charge in [-0.25, -0.2) is 4.79 Å². The largest absolute Gasteiger partial charge is 0.464 e. The van der Waals surface area contributed by atoms with Gasteiger partial charge >= 0.3 is 18.1 Å². The third-order valence-electron chi connectivity index (χ3n) is 8.43. The molecule has 3 atom stereocenters. The average Bonchev–Trinajstić information content (AvgIpc) is 3.26. The summed E-state index contributed by atoms with van der Waals surface area (Å²) >= 11 is 0. The van der Waals surface area contributed by atoms with Crippen molar-refractivity contribution in [3.05, 3.63) is 0 Å². The van der Waals surface area contributed by atoms with Crippen LogP contribution in [0.2, 0.25) is 0 Å². The van der Waals surface area contributed by atoms with Gasteiger partial charge in [0.1, 0.15) is 11.0 Å². The van der Waals surface area contributed by atoms with Crippen molar-refractivity contribution in [2.45, 2.75) is 113 Å². The van der Waals surface area contributed by atoms with Crippen molar-refractivity contribution in [1.29, 1.82) is 0 Å². The molecule has 196 valence electrons. The van der Waals surface area contributed by atoms with Crippen LogP contribution in [0.4, 0.5) is 13.2 Å².